The maximum absolute atomic E-state index is 13.8. The zero-order chi connectivity index (χ0) is 20.7. The molecule has 2 rings (SSSR count). The third kappa shape index (κ3) is 5.75. The number of halogens is 1. The highest BCUT2D eigenvalue weighted by Gasteiger charge is 2.32. The van der Waals surface area contributed by atoms with E-state index in [2.05, 4.69) is 10.0 Å². The summed E-state index contributed by atoms with van der Waals surface area (Å²) >= 11 is 0. The number of sulfonamides is 1. The van der Waals surface area contributed by atoms with Crippen LogP contribution < -0.4 is 10.0 Å². The van der Waals surface area contributed by atoms with Gasteiger partial charge in [0, 0.05) is 19.6 Å². The van der Waals surface area contributed by atoms with Crippen LogP contribution in [0.2, 0.25) is 0 Å². The summed E-state index contributed by atoms with van der Waals surface area (Å²) in [5.74, 6) is -1.68. The van der Waals surface area contributed by atoms with Crippen molar-refractivity contribution in [1.82, 2.24) is 14.9 Å². The van der Waals surface area contributed by atoms with E-state index in [1.807, 2.05) is 6.92 Å². The van der Waals surface area contributed by atoms with Crippen LogP contribution in [0.4, 0.5) is 4.39 Å². The van der Waals surface area contributed by atoms with E-state index in [0.717, 1.165) is 25.0 Å². The van der Waals surface area contributed by atoms with Crippen molar-refractivity contribution in [1.29, 1.82) is 0 Å². The minimum absolute atomic E-state index is 0.0782. The third-order valence-corrected chi connectivity index (χ3v) is 6.34. The van der Waals surface area contributed by atoms with Gasteiger partial charge in [-0.15, -0.1) is 0 Å². The van der Waals surface area contributed by atoms with E-state index in [1.165, 1.54) is 24.0 Å². The molecule has 0 aromatic heterocycles. The molecule has 1 aliphatic rings. The molecule has 1 aromatic carbocycles. The molecule has 0 aliphatic carbocycles. The molecule has 0 bridgehead atoms. The molecule has 0 spiro atoms. The lowest BCUT2D eigenvalue weighted by Gasteiger charge is -2.33. The van der Waals surface area contributed by atoms with Gasteiger partial charge >= 0.3 is 0 Å². The number of amides is 2. The first-order valence-corrected chi connectivity index (χ1v) is 11.1. The van der Waals surface area contributed by atoms with Gasteiger partial charge in [-0.25, -0.2) is 12.8 Å². The van der Waals surface area contributed by atoms with Gasteiger partial charge in [-0.05, 0) is 38.3 Å². The Labute approximate surface area is 165 Å². The molecule has 156 valence electrons. The van der Waals surface area contributed by atoms with Crippen LogP contribution in [-0.2, 0) is 19.6 Å². The van der Waals surface area contributed by atoms with E-state index >= 15 is 0 Å². The number of carbonyl (C=O) groups excluding carboxylic acids is 2. The number of piperidine rings is 1. The first-order valence-electron chi connectivity index (χ1n) is 9.59. The standard InChI is InChI=1S/C19H28FN3O4S/c1-3-4-11-21-18(24)15-8-7-12-23(13-15)19(25)14(2)22-28(26,27)17-10-6-5-9-16(17)20/h5-6,9-10,14-15,22H,3-4,7-8,11-13H2,1-2H3,(H,21,24)/t14-,15?/m0/s1. The Bertz CT molecular complexity index is 800. The summed E-state index contributed by atoms with van der Waals surface area (Å²) in [7, 11) is -4.17. The Morgan fingerprint density at radius 2 is 2.04 bits per heavy atom. The molecule has 1 aromatic rings. The number of nitrogens with one attached hydrogen (secondary N) is 2. The normalized spacial score (nSPS) is 18.5. The van der Waals surface area contributed by atoms with E-state index < -0.39 is 32.7 Å². The summed E-state index contributed by atoms with van der Waals surface area (Å²) in [6, 6.07) is 3.94. The Kier molecular flexibility index (Phi) is 7.94. The second-order valence-electron chi connectivity index (χ2n) is 7.04. The molecule has 0 saturated carbocycles. The number of hydrogen-bond acceptors (Lipinski definition) is 4. The van der Waals surface area contributed by atoms with Crippen LogP contribution in [0.15, 0.2) is 29.2 Å². The second-order valence-corrected chi connectivity index (χ2v) is 8.72. The van der Waals surface area contributed by atoms with Gasteiger partial charge in [-0.3, -0.25) is 9.59 Å². The van der Waals surface area contributed by atoms with Crippen molar-refractivity contribution < 1.29 is 22.4 Å². The monoisotopic (exact) mass is 413 g/mol. The fourth-order valence-corrected chi connectivity index (χ4v) is 4.48. The van der Waals surface area contributed by atoms with Gasteiger partial charge in [0.1, 0.15) is 10.7 Å². The number of carbonyl (C=O) groups is 2. The molecule has 1 aliphatic heterocycles. The van der Waals surface area contributed by atoms with Gasteiger partial charge in [0.2, 0.25) is 21.8 Å². The first kappa shape index (κ1) is 22.3. The van der Waals surface area contributed by atoms with Crippen LogP contribution in [-0.4, -0.2) is 50.8 Å². The van der Waals surface area contributed by atoms with Crippen LogP contribution in [0, 0.1) is 11.7 Å². The maximum Gasteiger partial charge on any atom is 0.244 e. The van der Waals surface area contributed by atoms with Gasteiger partial charge in [0.15, 0.2) is 0 Å². The number of likely N-dealkylation sites (tertiary alicyclic amines) is 1. The average molecular weight is 414 g/mol. The van der Waals surface area contributed by atoms with E-state index in [9.17, 15) is 22.4 Å². The Morgan fingerprint density at radius 3 is 2.71 bits per heavy atom. The summed E-state index contributed by atoms with van der Waals surface area (Å²) in [6.07, 6.45) is 3.24. The Morgan fingerprint density at radius 1 is 1.32 bits per heavy atom. The fourth-order valence-electron chi connectivity index (χ4n) is 3.21. The van der Waals surface area contributed by atoms with E-state index in [1.54, 1.807) is 0 Å². The smallest absolute Gasteiger partial charge is 0.244 e. The molecule has 2 amide bonds. The highest BCUT2D eigenvalue weighted by Crippen LogP contribution is 2.19. The van der Waals surface area contributed by atoms with Crippen LogP contribution >= 0.6 is 0 Å². The van der Waals surface area contributed by atoms with E-state index in [4.69, 9.17) is 0 Å². The molecule has 28 heavy (non-hydrogen) atoms. The summed E-state index contributed by atoms with van der Waals surface area (Å²) in [5, 5.41) is 2.88. The quantitative estimate of drug-likeness (QED) is 0.634. The predicted molar refractivity (Wildman–Crippen MR) is 103 cm³/mol. The molecule has 2 N–H and O–H groups in total. The zero-order valence-electron chi connectivity index (χ0n) is 16.3. The summed E-state index contributed by atoms with van der Waals surface area (Å²) in [4.78, 5) is 26.0. The van der Waals surface area contributed by atoms with Gasteiger partial charge in [0.05, 0.1) is 12.0 Å². The molecule has 7 nitrogen and oxygen atoms in total. The van der Waals surface area contributed by atoms with Crippen LogP contribution in [0.3, 0.4) is 0 Å². The highest BCUT2D eigenvalue weighted by molar-refractivity contribution is 7.89. The Balaban J connectivity index is 1.98. The molecule has 9 heteroatoms. The molecule has 1 saturated heterocycles. The van der Waals surface area contributed by atoms with Crippen molar-refractivity contribution in [3.8, 4) is 0 Å². The van der Waals surface area contributed by atoms with Crippen LogP contribution in [0.1, 0.15) is 39.5 Å². The number of nitrogens with zero attached hydrogens (tertiary/aromatic N) is 1. The van der Waals surface area contributed by atoms with E-state index in [-0.39, 0.29) is 18.4 Å². The van der Waals surface area contributed by atoms with Crippen molar-refractivity contribution in [2.75, 3.05) is 19.6 Å². The molecule has 2 atom stereocenters. The lowest BCUT2D eigenvalue weighted by atomic mass is 9.96. The predicted octanol–water partition coefficient (Wildman–Crippen LogP) is 1.65. The van der Waals surface area contributed by atoms with Crippen molar-refractivity contribution in [3.63, 3.8) is 0 Å². The largest absolute Gasteiger partial charge is 0.356 e. The number of unbranched alkanes of at least 4 members (excludes halogenated alkanes) is 1. The average Bonchev–Trinajstić information content (AvgIpc) is 2.67. The SMILES string of the molecule is CCCCNC(=O)C1CCCN(C(=O)[C@H](C)NS(=O)(=O)c2ccccc2F)C1. The first-order chi connectivity index (χ1) is 13.3. The van der Waals surface area contributed by atoms with Gasteiger partial charge in [0.25, 0.3) is 0 Å². The van der Waals surface area contributed by atoms with Crippen LogP contribution in [0.5, 0.6) is 0 Å². The molecular formula is C19H28FN3O4S. The topological polar surface area (TPSA) is 95.6 Å². The van der Waals surface area contributed by atoms with Crippen molar-refractivity contribution in [3.05, 3.63) is 30.1 Å². The number of benzene rings is 1. The minimum Gasteiger partial charge on any atom is -0.356 e. The molecule has 1 fully saturated rings. The molecule has 1 heterocycles. The zero-order valence-corrected chi connectivity index (χ0v) is 17.1. The summed E-state index contributed by atoms with van der Waals surface area (Å²) in [5.41, 5.74) is 0. The number of hydrogen-bond donors (Lipinski definition) is 2. The third-order valence-electron chi connectivity index (χ3n) is 4.76. The lowest BCUT2D eigenvalue weighted by molar-refractivity contribution is -0.136. The van der Waals surface area contributed by atoms with Crippen molar-refractivity contribution in [2.45, 2.75) is 50.5 Å². The molecular weight excluding hydrogens is 385 g/mol. The summed E-state index contributed by atoms with van der Waals surface area (Å²) < 4.78 is 40.8. The second kappa shape index (κ2) is 9.97. The van der Waals surface area contributed by atoms with Gasteiger partial charge in [-0.2, -0.15) is 4.72 Å². The maximum atomic E-state index is 13.8. The highest BCUT2D eigenvalue weighted by atomic mass is 32.2. The molecule has 0 radical (unpaired) electrons. The van der Waals surface area contributed by atoms with Crippen LogP contribution in [0.25, 0.3) is 0 Å². The van der Waals surface area contributed by atoms with Gasteiger partial charge in [-0.1, -0.05) is 25.5 Å². The minimum atomic E-state index is -4.17. The van der Waals surface area contributed by atoms with Crippen molar-refractivity contribution >= 4 is 21.8 Å². The number of rotatable bonds is 8. The molecule has 1 unspecified atom stereocenters. The van der Waals surface area contributed by atoms with Gasteiger partial charge < -0.3 is 10.2 Å². The van der Waals surface area contributed by atoms with Crippen molar-refractivity contribution in [2.24, 2.45) is 5.92 Å². The summed E-state index contributed by atoms with van der Waals surface area (Å²) in [6.45, 7) is 4.78. The Hall–Kier alpha value is -2.00. The fraction of sp³-hybridized carbons (Fsp3) is 0.579. The van der Waals surface area contributed by atoms with E-state index in [0.29, 0.717) is 25.9 Å². The lowest BCUT2D eigenvalue weighted by Crippen LogP contribution is -2.52.